The minimum atomic E-state index is -0.387. The molecule has 1 heterocycles. The predicted molar refractivity (Wildman–Crippen MR) is 78.2 cm³/mol. The minimum Gasteiger partial charge on any atom is -0.491 e. The van der Waals surface area contributed by atoms with E-state index in [4.69, 9.17) is 4.74 Å². The van der Waals surface area contributed by atoms with Gasteiger partial charge >= 0.3 is 0 Å². The first kappa shape index (κ1) is 14.0. The van der Waals surface area contributed by atoms with Gasteiger partial charge in [0.2, 0.25) is 0 Å². The molecule has 1 aromatic carbocycles. The lowest BCUT2D eigenvalue weighted by atomic mass is 10.2. The molecule has 0 spiro atoms. The smallest absolute Gasteiger partial charge is 0.275 e. The fourth-order valence-corrected chi connectivity index (χ4v) is 3.15. The maximum atomic E-state index is 10.9. The third kappa shape index (κ3) is 4.02. The van der Waals surface area contributed by atoms with E-state index in [-0.39, 0.29) is 16.7 Å². The lowest BCUT2D eigenvalue weighted by molar-refractivity contribution is -0.384. The molecule has 1 N–H and O–H groups in total. The number of ether oxygens (including phenoxy) is 1. The number of nitrogens with zero attached hydrogens (tertiary/aromatic N) is 1. The van der Waals surface area contributed by atoms with Crippen molar-refractivity contribution in [2.24, 2.45) is 0 Å². The Morgan fingerprint density at radius 2 is 2.26 bits per heavy atom. The van der Waals surface area contributed by atoms with Crippen molar-refractivity contribution in [3.05, 3.63) is 28.3 Å². The summed E-state index contributed by atoms with van der Waals surface area (Å²) in [6, 6.07) is 5.25. The van der Waals surface area contributed by atoms with E-state index in [0.29, 0.717) is 11.8 Å². The van der Waals surface area contributed by atoms with Crippen LogP contribution in [0.25, 0.3) is 0 Å². The van der Waals surface area contributed by atoms with Crippen molar-refractivity contribution in [2.45, 2.75) is 32.4 Å². The van der Waals surface area contributed by atoms with Crippen LogP contribution in [0.3, 0.4) is 0 Å². The van der Waals surface area contributed by atoms with Gasteiger partial charge in [-0.3, -0.25) is 10.1 Å². The normalized spacial score (nSPS) is 18.6. The summed E-state index contributed by atoms with van der Waals surface area (Å²) in [4.78, 5) is 10.6. The van der Waals surface area contributed by atoms with Crippen LogP contribution in [0.1, 0.15) is 20.3 Å². The standard InChI is InChI=1S/C13H18N2O3S/c1-9(2)18-13-6-11(5-12(7-13)15(16)17)14-10-3-4-19-8-10/h5-7,9-10,14H,3-4,8H2,1-2H3. The van der Waals surface area contributed by atoms with E-state index >= 15 is 0 Å². The van der Waals surface area contributed by atoms with Crippen LogP contribution in [0.4, 0.5) is 11.4 Å². The Morgan fingerprint density at radius 1 is 1.47 bits per heavy atom. The van der Waals surface area contributed by atoms with Crippen LogP contribution in [0.15, 0.2) is 18.2 Å². The number of non-ortho nitro benzene ring substituents is 1. The second-order valence-electron chi connectivity index (χ2n) is 4.84. The Morgan fingerprint density at radius 3 is 2.84 bits per heavy atom. The zero-order valence-corrected chi connectivity index (χ0v) is 11.9. The van der Waals surface area contributed by atoms with Crippen LogP contribution >= 0.6 is 11.8 Å². The molecule has 1 unspecified atom stereocenters. The van der Waals surface area contributed by atoms with E-state index in [2.05, 4.69) is 5.32 Å². The highest BCUT2D eigenvalue weighted by Crippen LogP contribution is 2.29. The number of nitro groups is 1. The Bertz CT molecular complexity index is 459. The maximum Gasteiger partial charge on any atom is 0.275 e. The molecule has 1 aliphatic heterocycles. The fourth-order valence-electron chi connectivity index (χ4n) is 2.00. The molecular weight excluding hydrogens is 264 g/mol. The summed E-state index contributed by atoms with van der Waals surface area (Å²) in [5.41, 5.74) is 0.823. The summed E-state index contributed by atoms with van der Waals surface area (Å²) >= 11 is 1.90. The van der Waals surface area contributed by atoms with E-state index in [0.717, 1.165) is 23.6 Å². The number of hydrogen-bond donors (Lipinski definition) is 1. The third-order valence-corrected chi connectivity index (χ3v) is 3.94. The van der Waals surface area contributed by atoms with Crippen molar-refractivity contribution in [3.63, 3.8) is 0 Å². The monoisotopic (exact) mass is 282 g/mol. The molecule has 0 saturated carbocycles. The maximum absolute atomic E-state index is 10.9. The number of thioether (sulfide) groups is 1. The second-order valence-corrected chi connectivity index (χ2v) is 5.99. The molecule has 6 heteroatoms. The largest absolute Gasteiger partial charge is 0.491 e. The summed E-state index contributed by atoms with van der Waals surface area (Å²) in [5.74, 6) is 2.72. The molecule has 0 bridgehead atoms. The number of anilines is 1. The van der Waals surface area contributed by atoms with Crippen LogP contribution in [0.2, 0.25) is 0 Å². The van der Waals surface area contributed by atoms with Crippen molar-refractivity contribution in [3.8, 4) is 5.75 Å². The summed E-state index contributed by atoms with van der Waals surface area (Å²) in [6.07, 6.45) is 1.09. The predicted octanol–water partition coefficient (Wildman–Crippen LogP) is 3.30. The topological polar surface area (TPSA) is 64.4 Å². The number of rotatable bonds is 5. The van der Waals surface area contributed by atoms with Gasteiger partial charge in [-0.05, 0) is 26.0 Å². The third-order valence-electron chi connectivity index (χ3n) is 2.77. The fraction of sp³-hybridized carbons (Fsp3) is 0.538. The van der Waals surface area contributed by atoms with Gasteiger partial charge in [0.1, 0.15) is 5.75 Å². The van der Waals surface area contributed by atoms with Crippen molar-refractivity contribution < 1.29 is 9.66 Å². The summed E-state index contributed by atoms with van der Waals surface area (Å²) < 4.78 is 5.56. The Balaban J connectivity index is 2.20. The Hall–Kier alpha value is -1.43. The van der Waals surface area contributed by atoms with E-state index in [9.17, 15) is 10.1 Å². The first-order valence-corrected chi connectivity index (χ1v) is 7.50. The zero-order chi connectivity index (χ0) is 13.8. The van der Waals surface area contributed by atoms with Crippen molar-refractivity contribution in [2.75, 3.05) is 16.8 Å². The molecule has 1 aromatic rings. The average molecular weight is 282 g/mol. The van der Waals surface area contributed by atoms with Gasteiger partial charge in [0.15, 0.2) is 0 Å². The SMILES string of the molecule is CC(C)Oc1cc(NC2CCSC2)cc([N+](=O)[O-])c1. The molecule has 104 valence electrons. The lowest BCUT2D eigenvalue weighted by Gasteiger charge is -2.15. The van der Waals surface area contributed by atoms with Crippen LogP contribution in [-0.2, 0) is 0 Å². The first-order chi connectivity index (χ1) is 9.04. The molecule has 5 nitrogen and oxygen atoms in total. The molecule has 19 heavy (non-hydrogen) atoms. The van der Waals surface area contributed by atoms with Crippen molar-refractivity contribution in [1.82, 2.24) is 0 Å². The van der Waals surface area contributed by atoms with E-state index < -0.39 is 0 Å². The average Bonchev–Trinajstić information content (AvgIpc) is 2.80. The minimum absolute atomic E-state index is 0.00288. The quantitative estimate of drug-likeness (QED) is 0.663. The lowest BCUT2D eigenvalue weighted by Crippen LogP contribution is -2.18. The van der Waals surface area contributed by atoms with Gasteiger partial charge < -0.3 is 10.1 Å². The highest BCUT2D eigenvalue weighted by molar-refractivity contribution is 7.99. The second kappa shape index (κ2) is 6.14. The highest BCUT2D eigenvalue weighted by Gasteiger charge is 2.17. The molecular formula is C13H18N2O3S. The van der Waals surface area contributed by atoms with Crippen LogP contribution < -0.4 is 10.1 Å². The van der Waals surface area contributed by atoms with Gasteiger partial charge in [-0.25, -0.2) is 0 Å². The molecule has 2 rings (SSSR count). The molecule has 1 saturated heterocycles. The molecule has 0 aromatic heterocycles. The highest BCUT2D eigenvalue weighted by atomic mass is 32.2. The van der Waals surface area contributed by atoms with Crippen molar-refractivity contribution in [1.29, 1.82) is 0 Å². The van der Waals surface area contributed by atoms with Gasteiger partial charge in [0.25, 0.3) is 5.69 Å². The van der Waals surface area contributed by atoms with Gasteiger partial charge in [-0.15, -0.1) is 0 Å². The number of hydrogen-bond acceptors (Lipinski definition) is 5. The van der Waals surface area contributed by atoms with Gasteiger partial charge in [0.05, 0.1) is 17.1 Å². The zero-order valence-electron chi connectivity index (χ0n) is 11.1. The van der Waals surface area contributed by atoms with E-state index in [1.807, 2.05) is 31.7 Å². The summed E-state index contributed by atoms with van der Waals surface area (Å²) in [6.45, 7) is 3.80. The molecule has 1 aliphatic rings. The van der Waals surface area contributed by atoms with Gasteiger partial charge in [-0.2, -0.15) is 11.8 Å². The molecule has 1 fully saturated rings. The Kier molecular flexibility index (Phi) is 4.52. The summed E-state index contributed by atoms with van der Waals surface area (Å²) in [5, 5.41) is 14.3. The van der Waals surface area contributed by atoms with Crippen LogP contribution in [0, 0.1) is 10.1 Å². The number of benzene rings is 1. The number of nitrogens with one attached hydrogen (secondary N) is 1. The van der Waals surface area contributed by atoms with Crippen LogP contribution in [-0.4, -0.2) is 28.6 Å². The molecule has 1 atom stereocenters. The van der Waals surface area contributed by atoms with Gasteiger partial charge in [0, 0.05) is 29.6 Å². The van der Waals surface area contributed by atoms with Crippen molar-refractivity contribution >= 4 is 23.1 Å². The summed E-state index contributed by atoms with van der Waals surface area (Å²) in [7, 11) is 0. The first-order valence-electron chi connectivity index (χ1n) is 6.35. The van der Waals surface area contributed by atoms with E-state index in [1.54, 1.807) is 6.07 Å². The van der Waals surface area contributed by atoms with Crippen LogP contribution in [0.5, 0.6) is 5.75 Å². The molecule has 0 radical (unpaired) electrons. The van der Waals surface area contributed by atoms with Gasteiger partial charge in [-0.1, -0.05) is 0 Å². The van der Waals surface area contributed by atoms with E-state index in [1.165, 1.54) is 6.07 Å². The molecule has 0 aliphatic carbocycles. The number of nitro benzene ring substituents is 1. The Labute approximate surface area is 116 Å². The molecule has 0 amide bonds.